The van der Waals surface area contributed by atoms with Crippen LogP contribution >= 0.6 is 0 Å². The van der Waals surface area contributed by atoms with Crippen LogP contribution in [0.1, 0.15) is 17.7 Å². The molecule has 0 aromatic carbocycles. The van der Waals surface area contributed by atoms with Crippen LogP contribution in [0.4, 0.5) is 0 Å². The molecule has 2 heterocycles. The van der Waals surface area contributed by atoms with Crippen LogP contribution in [0, 0.1) is 0 Å². The van der Waals surface area contributed by atoms with E-state index in [0.29, 0.717) is 17.7 Å². The summed E-state index contributed by atoms with van der Waals surface area (Å²) in [5.41, 5.74) is 2.53. The van der Waals surface area contributed by atoms with E-state index in [1.165, 1.54) is 17.7 Å². The average molecular weight is 253 g/mol. The highest BCUT2D eigenvalue weighted by atomic mass is 32.1. The van der Waals surface area contributed by atoms with Gasteiger partial charge in [-0.1, -0.05) is 0 Å². The Morgan fingerprint density at radius 2 is 2.24 bits per heavy atom. The molecule has 1 N–H and O–H groups in total. The lowest BCUT2D eigenvalue weighted by molar-refractivity contribution is 0.0135. The first-order valence-corrected chi connectivity index (χ1v) is 6.93. The molecule has 2 aliphatic rings. The highest BCUT2D eigenvalue weighted by molar-refractivity contribution is 7.65. The topological polar surface area (TPSA) is 45.3 Å². The fourth-order valence-corrected chi connectivity index (χ4v) is 3.34. The number of morpholine rings is 1. The molecule has 1 aromatic rings. The van der Waals surface area contributed by atoms with Gasteiger partial charge >= 0.3 is 16.6 Å². The molecule has 1 aliphatic carbocycles. The van der Waals surface area contributed by atoms with Gasteiger partial charge < -0.3 is 9.72 Å². The van der Waals surface area contributed by atoms with Crippen LogP contribution in [0.5, 0.6) is 0 Å². The first-order valence-electron chi connectivity index (χ1n) is 6.19. The van der Waals surface area contributed by atoms with E-state index in [-0.39, 0.29) is 0 Å². The van der Waals surface area contributed by atoms with Crippen LogP contribution in [0.2, 0.25) is 0 Å². The van der Waals surface area contributed by atoms with E-state index in [9.17, 15) is 4.21 Å². The summed E-state index contributed by atoms with van der Waals surface area (Å²) in [6, 6.07) is 0.620. The molecule has 1 fully saturated rings. The minimum Gasteiger partial charge on any atom is -0.379 e. The number of nitrogens with zero attached hydrogens (tertiary/aromatic N) is 1. The van der Waals surface area contributed by atoms with Gasteiger partial charge in [0.15, 0.2) is 0 Å². The lowest BCUT2D eigenvalue weighted by Gasteiger charge is -2.36. The summed E-state index contributed by atoms with van der Waals surface area (Å²) in [6.07, 6.45) is 5.11. The average Bonchev–Trinajstić information content (AvgIpc) is 2.81. The fraction of sp³-hybridized carbons (Fsp3) is 0.667. The van der Waals surface area contributed by atoms with Gasteiger partial charge in [-0.3, -0.25) is 4.90 Å². The summed E-state index contributed by atoms with van der Waals surface area (Å²) in [4.78, 5) is 6.68. The van der Waals surface area contributed by atoms with Crippen molar-refractivity contribution in [3.8, 4) is 0 Å². The summed E-state index contributed by atoms with van der Waals surface area (Å²) >= 11 is 0.612. The molecule has 92 valence electrons. The third kappa shape index (κ3) is 2.14. The lowest BCUT2D eigenvalue weighted by Crippen LogP contribution is -2.45. The Labute approximate surface area is 105 Å². The van der Waals surface area contributed by atoms with Crippen molar-refractivity contribution >= 4 is 11.7 Å². The number of H-pyrrole nitrogens is 1. The summed E-state index contributed by atoms with van der Waals surface area (Å²) in [5.74, 6) is 0. The van der Waals surface area contributed by atoms with Crippen molar-refractivity contribution in [2.45, 2.75) is 30.2 Å². The summed E-state index contributed by atoms with van der Waals surface area (Å²) in [6.45, 7) is 3.80. The Bertz CT molecular complexity index is 413. The lowest BCUT2D eigenvalue weighted by atomic mass is 9.92. The molecule has 0 amide bonds. The van der Waals surface area contributed by atoms with Crippen LogP contribution in [0.15, 0.2) is 11.1 Å². The van der Waals surface area contributed by atoms with Crippen molar-refractivity contribution in [2.75, 3.05) is 26.3 Å². The highest BCUT2D eigenvalue weighted by Crippen LogP contribution is 2.27. The number of ether oxygens (including phenoxy) is 1. The van der Waals surface area contributed by atoms with E-state index in [1.54, 1.807) is 0 Å². The quantitative estimate of drug-likeness (QED) is 0.800. The number of aromatic amines is 1. The number of rotatable bonds is 2. The summed E-state index contributed by atoms with van der Waals surface area (Å²) < 4.78 is 16.3. The molecule has 5 heteroatoms. The second kappa shape index (κ2) is 4.84. The van der Waals surface area contributed by atoms with Gasteiger partial charge in [-0.05, 0) is 12.8 Å². The standard InChI is InChI=1S/C12H17N2O2S/c15-17-12-8-13-11-7-9(1-2-10(11)12)14-3-5-16-6-4-14/h8-9,13H,1-7H2/q+1. The Balaban J connectivity index is 1.73. The maximum absolute atomic E-state index is 10.9. The van der Waals surface area contributed by atoms with Gasteiger partial charge in [0.1, 0.15) is 0 Å². The molecule has 1 saturated heterocycles. The number of nitrogens with one attached hydrogen (secondary N) is 1. The maximum Gasteiger partial charge on any atom is 0.507 e. The number of aromatic nitrogens is 1. The first kappa shape index (κ1) is 11.3. The predicted molar refractivity (Wildman–Crippen MR) is 65.3 cm³/mol. The molecular weight excluding hydrogens is 236 g/mol. The van der Waals surface area contributed by atoms with Gasteiger partial charge in [-0.25, -0.2) is 0 Å². The van der Waals surface area contributed by atoms with Gasteiger partial charge in [0, 0.05) is 41.0 Å². The fourth-order valence-electron chi connectivity index (χ4n) is 2.91. The van der Waals surface area contributed by atoms with Crippen molar-refractivity contribution in [3.05, 3.63) is 17.5 Å². The number of fused-ring (bicyclic) bond motifs is 1. The zero-order chi connectivity index (χ0) is 11.7. The molecule has 0 spiro atoms. The Kier molecular flexibility index (Phi) is 3.22. The molecule has 0 radical (unpaired) electrons. The predicted octanol–water partition coefficient (Wildman–Crippen LogP) is 0.991. The molecule has 1 atom stereocenters. The normalized spacial score (nSPS) is 25.5. The Morgan fingerprint density at radius 3 is 3.00 bits per heavy atom. The van der Waals surface area contributed by atoms with Crippen LogP contribution in [0.25, 0.3) is 0 Å². The smallest absolute Gasteiger partial charge is 0.379 e. The second-order valence-corrected chi connectivity index (χ2v) is 5.34. The van der Waals surface area contributed by atoms with Crippen LogP contribution in [-0.2, 0) is 33.5 Å². The highest BCUT2D eigenvalue weighted by Gasteiger charge is 2.30. The zero-order valence-electron chi connectivity index (χ0n) is 9.78. The number of hydrogen-bond acceptors (Lipinski definition) is 3. The van der Waals surface area contributed by atoms with E-state index in [0.717, 1.165) is 44.0 Å². The van der Waals surface area contributed by atoms with E-state index in [4.69, 9.17) is 4.74 Å². The zero-order valence-corrected chi connectivity index (χ0v) is 10.6. The van der Waals surface area contributed by atoms with Gasteiger partial charge in [-0.15, -0.1) is 0 Å². The van der Waals surface area contributed by atoms with Crippen molar-refractivity contribution in [1.82, 2.24) is 9.88 Å². The first-order chi connectivity index (χ1) is 8.38. The molecule has 1 unspecified atom stereocenters. The van der Waals surface area contributed by atoms with Gasteiger partial charge in [0.05, 0.1) is 19.4 Å². The van der Waals surface area contributed by atoms with Crippen molar-refractivity contribution < 1.29 is 8.95 Å². The molecule has 4 nitrogen and oxygen atoms in total. The van der Waals surface area contributed by atoms with Crippen molar-refractivity contribution in [2.24, 2.45) is 0 Å². The summed E-state index contributed by atoms with van der Waals surface area (Å²) in [7, 11) is 0. The number of hydrogen-bond donors (Lipinski definition) is 1. The molecule has 1 aromatic heterocycles. The third-order valence-corrected chi connectivity index (χ3v) is 4.40. The molecule has 1 aliphatic heterocycles. The molecule has 0 saturated carbocycles. The molecular formula is C12H17N2O2S+. The second-order valence-electron chi connectivity index (χ2n) is 4.74. The van der Waals surface area contributed by atoms with Gasteiger partial charge in [-0.2, -0.15) is 0 Å². The van der Waals surface area contributed by atoms with E-state index in [1.807, 2.05) is 6.20 Å². The molecule has 0 bridgehead atoms. The van der Waals surface area contributed by atoms with Crippen LogP contribution in [-0.4, -0.2) is 42.2 Å². The monoisotopic (exact) mass is 253 g/mol. The largest absolute Gasteiger partial charge is 0.507 e. The van der Waals surface area contributed by atoms with Crippen LogP contribution < -0.4 is 0 Å². The van der Waals surface area contributed by atoms with E-state index >= 15 is 0 Å². The Hall–Kier alpha value is -0.780. The van der Waals surface area contributed by atoms with Crippen LogP contribution in [0.3, 0.4) is 0 Å². The minimum atomic E-state index is 0.612. The molecule has 17 heavy (non-hydrogen) atoms. The van der Waals surface area contributed by atoms with E-state index in [2.05, 4.69) is 9.88 Å². The van der Waals surface area contributed by atoms with E-state index < -0.39 is 0 Å². The Morgan fingerprint density at radius 1 is 1.41 bits per heavy atom. The van der Waals surface area contributed by atoms with Gasteiger partial charge in [0.2, 0.25) is 0 Å². The SMILES string of the molecule is O=[S+]c1c[nH]c2c1CCC(N1CCOCC1)C2. The summed E-state index contributed by atoms with van der Waals surface area (Å²) in [5, 5.41) is 0. The van der Waals surface area contributed by atoms with Crippen molar-refractivity contribution in [3.63, 3.8) is 0 Å². The minimum absolute atomic E-state index is 0.612. The third-order valence-electron chi connectivity index (χ3n) is 3.86. The van der Waals surface area contributed by atoms with Gasteiger partial charge in [0.25, 0.3) is 0 Å². The van der Waals surface area contributed by atoms with Crippen molar-refractivity contribution in [1.29, 1.82) is 0 Å². The maximum atomic E-state index is 10.9. The molecule has 3 rings (SSSR count).